The van der Waals surface area contributed by atoms with Crippen molar-refractivity contribution in [2.75, 3.05) is 6.61 Å². The molecule has 0 radical (unpaired) electrons. The summed E-state index contributed by atoms with van der Waals surface area (Å²) in [6.45, 7) is 5.50. The molecule has 2 atom stereocenters. The maximum Gasteiger partial charge on any atom is 0.344 e. The predicted molar refractivity (Wildman–Crippen MR) is 110 cm³/mol. The molecule has 0 amide bonds. The van der Waals surface area contributed by atoms with E-state index in [0.717, 1.165) is 12.8 Å². The molecular formula is C23H36O5. The van der Waals surface area contributed by atoms with Crippen molar-refractivity contribution < 1.29 is 23.8 Å². The molecule has 0 aliphatic heterocycles. The molecule has 1 aromatic carbocycles. The molecule has 0 bridgehead atoms. The van der Waals surface area contributed by atoms with Gasteiger partial charge in [0.05, 0.1) is 0 Å². The molecule has 5 heteroatoms. The molecule has 28 heavy (non-hydrogen) atoms. The highest BCUT2D eigenvalue weighted by molar-refractivity contribution is 5.71. The van der Waals surface area contributed by atoms with E-state index >= 15 is 0 Å². The minimum Gasteiger partial charge on any atom is -0.482 e. The third kappa shape index (κ3) is 11.6. The maximum absolute atomic E-state index is 11.9. The Morgan fingerprint density at radius 2 is 1.32 bits per heavy atom. The largest absolute Gasteiger partial charge is 0.482 e. The van der Waals surface area contributed by atoms with Gasteiger partial charge in [0.25, 0.3) is 0 Å². The number of hydrogen-bond donors (Lipinski definition) is 0. The lowest BCUT2D eigenvalue weighted by Gasteiger charge is -2.21. The van der Waals surface area contributed by atoms with Crippen LogP contribution in [0.4, 0.5) is 0 Å². The van der Waals surface area contributed by atoms with Gasteiger partial charge in [0.2, 0.25) is 0 Å². The molecule has 0 saturated carbocycles. The van der Waals surface area contributed by atoms with E-state index < -0.39 is 18.2 Å². The van der Waals surface area contributed by atoms with Crippen LogP contribution in [0, 0.1) is 0 Å². The van der Waals surface area contributed by atoms with E-state index in [1.165, 1.54) is 38.5 Å². The number of carbonyl (C=O) groups is 2. The van der Waals surface area contributed by atoms with Gasteiger partial charge in [0, 0.05) is 6.42 Å². The number of unbranched alkanes of at least 4 members (excludes halogenated alkanes) is 7. The Labute approximate surface area is 169 Å². The third-order valence-electron chi connectivity index (χ3n) is 4.63. The summed E-state index contributed by atoms with van der Waals surface area (Å²) in [7, 11) is 0. The molecule has 158 valence electrons. The van der Waals surface area contributed by atoms with Crippen LogP contribution in [0.3, 0.4) is 0 Å². The maximum atomic E-state index is 11.9. The zero-order chi connectivity index (χ0) is 20.6. The summed E-state index contributed by atoms with van der Waals surface area (Å²) in [6, 6.07) is 9.07. The van der Waals surface area contributed by atoms with Crippen LogP contribution in [0.15, 0.2) is 30.3 Å². The summed E-state index contributed by atoms with van der Waals surface area (Å²) < 4.78 is 16.0. The number of esters is 2. The van der Waals surface area contributed by atoms with Crippen molar-refractivity contribution in [3.05, 3.63) is 30.3 Å². The summed E-state index contributed by atoms with van der Waals surface area (Å²) in [5.41, 5.74) is 0. The molecule has 0 heterocycles. The zero-order valence-corrected chi connectivity index (χ0v) is 17.7. The molecule has 5 nitrogen and oxygen atoms in total. The number of rotatable bonds is 15. The first-order valence-corrected chi connectivity index (χ1v) is 10.6. The van der Waals surface area contributed by atoms with Gasteiger partial charge in [-0.25, -0.2) is 4.79 Å². The van der Waals surface area contributed by atoms with E-state index in [2.05, 4.69) is 6.92 Å². The second kappa shape index (κ2) is 14.9. The second-order valence-corrected chi connectivity index (χ2v) is 7.22. The zero-order valence-electron chi connectivity index (χ0n) is 17.7. The lowest BCUT2D eigenvalue weighted by atomic mass is 10.1. The van der Waals surface area contributed by atoms with Crippen molar-refractivity contribution in [1.29, 1.82) is 0 Å². The van der Waals surface area contributed by atoms with Gasteiger partial charge in [-0.2, -0.15) is 0 Å². The molecule has 0 fully saturated rings. The van der Waals surface area contributed by atoms with Crippen LogP contribution in [0.2, 0.25) is 0 Å². The van der Waals surface area contributed by atoms with Crippen LogP contribution in [-0.4, -0.2) is 30.8 Å². The lowest BCUT2D eigenvalue weighted by molar-refractivity contribution is -0.166. The Balaban J connectivity index is 2.11. The highest BCUT2D eigenvalue weighted by atomic mass is 16.6. The van der Waals surface area contributed by atoms with Gasteiger partial charge < -0.3 is 14.2 Å². The van der Waals surface area contributed by atoms with Gasteiger partial charge in [-0.05, 0) is 32.4 Å². The average Bonchev–Trinajstić information content (AvgIpc) is 2.69. The molecule has 0 saturated heterocycles. The fourth-order valence-corrected chi connectivity index (χ4v) is 2.76. The van der Waals surface area contributed by atoms with E-state index in [1.54, 1.807) is 26.0 Å². The minimum absolute atomic E-state index is 0.173. The molecule has 0 spiro atoms. The van der Waals surface area contributed by atoms with Gasteiger partial charge in [-0.15, -0.1) is 0 Å². The number of ether oxygens (including phenoxy) is 3. The van der Waals surface area contributed by atoms with Crippen molar-refractivity contribution in [3.8, 4) is 5.75 Å². The van der Waals surface area contributed by atoms with Gasteiger partial charge in [-0.3, -0.25) is 4.79 Å². The molecule has 0 aromatic heterocycles. The number of para-hydroxylation sites is 1. The SMILES string of the molecule is CCCCCCCCCCC(=O)OC(C)C(C)OC(=O)COc1ccccc1. The predicted octanol–water partition coefficient (Wildman–Crippen LogP) is 5.46. The first kappa shape index (κ1) is 24.0. The van der Waals surface area contributed by atoms with E-state index in [-0.39, 0.29) is 12.6 Å². The van der Waals surface area contributed by atoms with E-state index in [0.29, 0.717) is 12.2 Å². The van der Waals surface area contributed by atoms with Gasteiger partial charge in [0.1, 0.15) is 18.0 Å². The van der Waals surface area contributed by atoms with Crippen molar-refractivity contribution in [3.63, 3.8) is 0 Å². The number of hydrogen-bond acceptors (Lipinski definition) is 5. The van der Waals surface area contributed by atoms with Crippen LogP contribution >= 0.6 is 0 Å². The van der Waals surface area contributed by atoms with Crippen LogP contribution in [0.1, 0.15) is 78.6 Å². The smallest absolute Gasteiger partial charge is 0.344 e. The molecular weight excluding hydrogens is 356 g/mol. The fourth-order valence-electron chi connectivity index (χ4n) is 2.76. The minimum atomic E-state index is -0.519. The van der Waals surface area contributed by atoms with E-state index in [4.69, 9.17) is 14.2 Å². The van der Waals surface area contributed by atoms with Crippen molar-refractivity contribution in [2.24, 2.45) is 0 Å². The van der Waals surface area contributed by atoms with Crippen molar-refractivity contribution >= 4 is 11.9 Å². The number of benzene rings is 1. The first-order valence-electron chi connectivity index (χ1n) is 10.6. The Bertz CT molecular complexity index is 543. The number of carbonyl (C=O) groups excluding carboxylic acids is 2. The first-order chi connectivity index (χ1) is 13.5. The quantitative estimate of drug-likeness (QED) is 0.293. The van der Waals surface area contributed by atoms with Crippen LogP contribution in [0.5, 0.6) is 5.75 Å². The summed E-state index contributed by atoms with van der Waals surface area (Å²) >= 11 is 0. The highest BCUT2D eigenvalue weighted by Crippen LogP contribution is 2.12. The second-order valence-electron chi connectivity index (χ2n) is 7.22. The molecule has 1 rings (SSSR count). The van der Waals surface area contributed by atoms with Crippen LogP contribution < -0.4 is 4.74 Å². The summed E-state index contributed by atoms with van der Waals surface area (Å²) in [6.07, 6.45) is 8.88. The van der Waals surface area contributed by atoms with Gasteiger partial charge in [0.15, 0.2) is 6.61 Å². The van der Waals surface area contributed by atoms with Crippen LogP contribution in [-0.2, 0) is 19.1 Å². The van der Waals surface area contributed by atoms with Gasteiger partial charge >= 0.3 is 11.9 Å². The highest BCUT2D eigenvalue weighted by Gasteiger charge is 2.20. The monoisotopic (exact) mass is 392 g/mol. The molecule has 0 aliphatic carbocycles. The van der Waals surface area contributed by atoms with Crippen LogP contribution in [0.25, 0.3) is 0 Å². The lowest BCUT2D eigenvalue weighted by Crippen LogP contribution is -2.32. The molecule has 1 aromatic rings. The normalized spacial score (nSPS) is 12.8. The van der Waals surface area contributed by atoms with E-state index in [1.807, 2.05) is 18.2 Å². The van der Waals surface area contributed by atoms with Crippen molar-refractivity contribution in [2.45, 2.75) is 90.8 Å². The molecule has 0 N–H and O–H groups in total. The standard InChI is InChI=1S/C23H36O5/c1-4-5-6-7-8-9-10-14-17-22(24)27-19(2)20(3)28-23(25)18-26-21-15-12-11-13-16-21/h11-13,15-16,19-20H,4-10,14,17-18H2,1-3H3. The molecule has 2 unspecified atom stereocenters. The topological polar surface area (TPSA) is 61.8 Å². The Morgan fingerprint density at radius 3 is 1.93 bits per heavy atom. The Morgan fingerprint density at radius 1 is 0.786 bits per heavy atom. The summed E-state index contributed by atoms with van der Waals surface area (Å²) in [5.74, 6) is -0.110. The summed E-state index contributed by atoms with van der Waals surface area (Å²) in [4.78, 5) is 23.8. The fraction of sp³-hybridized carbons (Fsp3) is 0.652. The van der Waals surface area contributed by atoms with Crippen molar-refractivity contribution in [1.82, 2.24) is 0 Å². The Hall–Kier alpha value is -2.04. The van der Waals surface area contributed by atoms with E-state index in [9.17, 15) is 9.59 Å². The Kier molecular flexibility index (Phi) is 12.8. The van der Waals surface area contributed by atoms with Gasteiger partial charge in [-0.1, -0.05) is 70.1 Å². The third-order valence-corrected chi connectivity index (χ3v) is 4.63. The summed E-state index contributed by atoms with van der Waals surface area (Å²) in [5, 5.41) is 0. The average molecular weight is 393 g/mol. The molecule has 0 aliphatic rings.